The zero-order chi connectivity index (χ0) is 22.2. The van der Waals surface area contributed by atoms with E-state index in [1.54, 1.807) is 0 Å². The molecule has 1 fully saturated rings. The van der Waals surface area contributed by atoms with Crippen LogP contribution in [-0.2, 0) is 17.2 Å². The molecule has 2 aliphatic heterocycles. The van der Waals surface area contributed by atoms with Crippen molar-refractivity contribution in [3.8, 4) is 0 Å². The highest BCUT2D eigenvalue weighted by Gasteiger charge is 2.30. The van der Waals surface area contributed by atoms with Gasteiger partial charge in [-0.15, -0.1) is 10.2 Å². The van der Waals surface area contributed by atoms with Crippen molar-refractivity contribution < 1.29 is 9.32 Å². The highest BCUT2D eigenvalue weighted by molar-refractivity contribution is 7.85. The van der Waals surface area contributed by atoms with Crippen molar-refractivity contribution in [2.45, 2.75) is 43.9 Å². The molecule has 0 spiro atoms. The zero-order valence-electron chi connectivity index (χ0n) is 18.2. The molecule has 32 heavy (non-hydrogen) atoms. The SMILES string of the molecule is CC(C)/C(=C\O)Nc1nc(N2CCC(c3nnc4ccccn34)CC2)nc2c1S(=O)CC2. The molecule has 0 saturated carbocycles. The van der Waals surface area contributed by atoms with Crippen LogP contribution in [0, 0.1) is 5.92 Å². The average molecular weight is 454 g/mol. The van der Waals surface area contributed by atoms with Gasteiger partial charge in [-0.05, 0) is 30.9 Å². The van der Waals surface area contributed by atoms with Crippen molar-refractivity contribution in [3.63, 3.8) is 0 Å². The van der Waals surface area contributed by atoms with Crippen molar-refractivity contribution >= 4 is 28.2 Å². The molecule has 1 saturated heterocycles. The summed E-state index contributed by atoms with van der Waals surface area (Å²) in [5, 5.41) is 21.6. The summed E-state index contributed by atoms with van der Waals surface area (Å²) in [4.78, 5) is 12.4. The van der Waals surface area contributed by atoms with Crippen molar-refractivity contribution in [1.82, 2.24) is 24.6 Å². The standard InChI is InChI=1S/C22H27N7O2S/c1-14(2)17(13-30)23-20-19-16(8-12-32(19)31)24-22(25-20)28-10-6-15(7-11-28)21-27-26-18-5-3-4-9-29(18)21/h3-5,9,13-15,30H,6-8,10-12H2,1-2H3,(H,23,24,25)/b17-13+. The molecule has 0 aromatic carbocycles. The molecule has 3 aromatic rings. The maximum absolute atomic E-state index is 12.6. The molecule has 0 radical (unpaired) electrons. The second-order valence-corrected chi connectivity index (χ2v) is 10.1. The van der Waals surface area contributed by atoms with E-state index in [9.17, 15) is 9.32 Å². The number of rotatable bonds is 5. The molecule has 2 N–H and O–H groups in total. The molecular formula is C22H27N7O2S. The quantitative estimate of drug-likeness (QED) is 0.568. The minimum absolute atomic E-state index is 0.0811. The van der Waals surface area contributed by atoms with Gasteiger partial charge in [0.2, 0.25) is 5.95 Å². The molecule has 5 rings (SSSR count). The van der Waals surface area contributed by atoms with Gasteiger partial charge < -0.3 is 15.3 Å². The highest BCUT2D eigenvalue weighted by atomic mass is 32.2. The van der Waals surface area contributed by atoms with Gasteiger partial charge in [-0.2, -0.15) is 4.98 Å². The molecular weight excluding hydrogens is 426 g/mol. The number of nitrogens with one attached hydrogen (secondary N) is 1. The molecule has 1 atom stereocenters. The van der Waals surface area contributed by atoms with E-state index in [0.29, 0.717) is 40.5 Å². The Hall–Kier alpha value is -3.01. The average Bonchev–Trinajstić information content (AvgIpc) is 3.41. The number of pyridine rings is 1. The number of aromatic nitrogens is 5. The number of piperidine rings is 1. The molecule has 3 aromatic heterocycles. The van der Waals surface area contributed by atoms with Gasteiger partial charge in [-0.3, -0.25) is 8.61 Å². The van der Waals surface area contributed by atoms with Gasteiger partial charge in [0, 0.05) is 37.4 Å². The summed E-state index contributed by atoms with van der Waals surface area (Å²) >= 11 is 0. The topological polar surface area (TPSA) is 109 Å². The summed E-state index contributed by atoms with van der Waals surface area (Å²) < 4.78 is 14.6. The van der Waals surface area contributed by atoms with Gasteiger partial charge in [0.15, 0.2) is 11.5 Å². The molecule has 168 valence electrons. The van der Waals surface area contributed by atoms with Crippen LogP contribution in [0.4, 0.5) is 11.8 Å². The Labute approximate surface area is 189 Å². The number of hydrogen-bond donors (Lipinski definition) is 2. The zero-order valence-corrected chi connectivity index (χ0v) is 19.0. The molecule has 0 aliphatic carbocycles. The third kappa shape index (κ3) is 3.72. The number of allylic oxidation sites excluding steroid dienone is 1. The van der Waals surface area contributed by atoms with E-state index >= 15 is 0 Å². The monoisotopic (exact) mass is 453 g/mol. The number of aliphatic hydroxyl groups excluding tert-OH is 1. The van der Waals surface area contributed by atoms with Gasteiger partial charge in [-0.25, -0.2) is 4.98 Å². The van der Waals surface area contributed by atoms with Crippen LogP contribution in [0.3, 0.4) is 0 Å². The second kappa shape index (κ2) is 8.50. The summed E-state index contributed by atoms with van der Waals surface area (Å²) in [6, 6.07) is 5.93. The molecule has 9 nitrogen and oxygen atoms in total. The minimum atomic E-state index is -1.13. The normalized spacial score (nSPS) is 19.7. The summed E-state index contributed by atoms with van der Waals surface area (Å²) in [6.45, 7) is 5.57. The van der Waals surface area contributed by atoms with Crippen LogP contribution in [0.2, 0.25) is 0 Å². The van der Waals surface area contributed by atoms with Crippen LogP contribution in [0.5, 0.6) is 0 Å². The van der Waals surface area contributed by atoms with E-state index in [4.69, 9.17) is 9.97 Å². The minimum Gasteiger partial charge on any atom is -0.514 e. The van der Waals surface area contributed by atoms with Crippen molar-refractivity contribution in [2.24, 2.45) is 5.92 Å². The van der Waals surface area contributed by atoms with E-state index < -0.39 is 10.8 Å². The largest absolute Gasteiger partial charge is 0.514 e. The molecule has 0 amide bonds. The third-order valence-corrected chi connectivity index (χ3v) is 7.64. The molecule has 1 unspecified atom stereocenters. The van der Waals surface area contributed by atoms with Crippen LogP contribution >= 0.6 is 0 Å². The molecule has 10 heteroatoms. The lowest BCUT2D eigenvalue weighted by atomic mass is 9.96. The van der Waals surface area contributed by atoms with Gasteiger partial charge in [0.1, 0.15) is 10.7 Å². The predicted octanol–water partition coefficient (Wildman–Crippen LogP) is 3.03. The highest BCUT2D eigenvalue weighted by Crippen LogP contribution is 2.34. The van der Waals surface area contributed by atoms with Gasteiger partial charge in [0.25, 0.3) is 0 Å². The first-order chi connectivity index (χ1) is 15.5. The Kier molecular flexibility index (Phi) is 5.54. The molecule has 0 bridgehead atoms. The summed E-state index contributed by atoms with van der Waals surface area (Å²) in [6.07, 6.45) is 5.61. The number of fused-ring (bicyclic) bond motifs is 2. The third-order valence-electron chi connectivity index (χ3n) is 6.18. The molecule has 2 aliphatic rings. The molecule has 5 heterocycles. The summed E-state index contributed by atoms with van der Waals surface area (Å²) in [5.41, 5.74) is 2.34. The Morgan fingerprint density at radius 1 is 1.25 bits per heavy atom. The van der Waals surface area contributed by atoms with Gasteiger partial charge in [0.05, 0.1) is 28.5 Å². The Balaban J connectivity index is 1.39. The maximum Gasteiger partial charge on any atom is 0.227 e. The fourth-order valence-corrected chi connectivity index (χ4v) is 5.65. The number of anilines is 2. The predicted molar refractivity (Wildman–Crippen MR) is 123 cm³/mol. The fraction of sp³-hybridized carbons (Fsp3) is 0.455. The first-order valence-electron chi connectivity index (χ1n) is 11.0. The Morgan fingerprint density at radius 2 is 2.06 bits per heavy atom. The first-order valence-corrected chi connectivity index (χ1v) is 12.3. The number of hydrogen-bond acceptors (Lipinski definition) is 8. The number of aliphatic hydroxyl groups is 1. The van der Waals surface area contributed by atoms with E-state index in [2.05, 4.69) is 24.8 Å². The van der Waals surface area contributed by atoms with Crippen molar-refractivity contribution in [3.05, 3.63) is 47.9 Å². The second-order valence-electron chi connectivity index (χ2n) is 8.56. The summed E-state index contributed by atoms with van der Waals surface area (Å²) in [5.74, 6) is 3.16. The lowest BCUT2D eigenvalue weighted by Gasteiger charge is -2.31. The van der Waals surface area contributed by atoms with Crippen molar-refractivity contribution in [2.75, 3.05) is 29.1 Å². The van der Waals surface area contributed by atoms with E-state index in [1.165, 1.54) is 0 Å². The Morgan fingerprint density at radius 3 is 2.81 bits per heavy atom. The van der Waals surface area contributed by atoms with Crippen LogP contribution < -0.4 is 10.2 Å². The summed E-state index contributed by atoms with van der Waals surface area (Å²) in [7, 11) is -1.13. The van der Waals surface area contributed by atoms with Crippen LogP contribution in [-0.4, -0.2) is 52.7 Å². The van der Waals surface area contributed by atoms with Gasteiger partial charge in [-0.1, -0.05) is 19.9 Å². The van der Waals surface area contributed by atoms with E-state index in [-0.39, 0.29) is 5.92 Å². The van der Waals surface area contributed by atoms with Crippen LogP contribution in [0.1, 0.15) is 44.1 Å². The number of aryl methyl sites for hydroxylation is 1. The van der Waals surface area contributed by atoms with Gasteiger partial charge >= 0.3 is 0 Å². The van der Waals surface area contributed by atoms with E-state index in [1.807, 2.05) is 38.2 Å². The lowest BCUT2D eigenvalue weighted by molar-refractivity contribution is 0.459. The lowest BCUT2D eigenvalue weighted by Crippen LogP contribution is -2.35. The van der Waals surface area contributed by atoms with Crippen molar-refractivity contribution in [1.29, 1.82) is 0 Å². The first kappa shape index (κ1) is 20.9. The smallest absolute Gasteiger partial charge is 0.227 e. The van der Waals surface area contributed by atoms with E-state index in [0.717, 1.165) is 49.4 Å². The number of nitrogens with zero attached hydrogens (tertiary/aromatic N) is 6. The maximum atomic E-state index is 12.6. The fourth-order valence-electron chi connectivity index (χ4n) is 4.35. The Bertz CT molecular complexity index is 1200. The van der Waals surface area contributed by atoms with Crippen LogP contribution in [0.15, 0.2) is 41.3 Å². The van der Waals surface area contributed by atoms with Crippen LogP contribution in [0.25, 0.3) is 5.65 Å².